The third kappa shape index (κ3) is 2.45. The highest BCUT2D eigenvalue weighted by Crippen LogP contribution is 2.25. The van der Waals surface area contributed by atoms with Crippen molar-refractivity contribution in [1.82, 2.24) is 10.2 Å². The molecule has 1 fully saturated rings. The minimum absolute atomic E-state index is 0.0627. The third-order valence-corrected chi connectivity index (χ3v) is 5.00. The number of carbonyl (C=O) groups is 1. The Morgan fingerprint density at radius 1 is 1.39 bits per heavy atom. The van der Waals surface area contributed by atoms with Gasteiger partial charge in [-0.15, -0.1) is 11.3 Å². The van der Waals surface area contributed by atoms with Crippen molar-refractivity contribution in [1.29, 1.82) is 0 Å². The normalized spacial score (nSPS) is 24.4. The predicted molar refractivity (Wildman–Crippen MR) is 73.7 cm³/mol. The van der Waals surface area contributed by atoms with Gasteiger partial charge in [-0.2, -0.15) is 0 Å². The van der Waals surface area contributed by atoms with Crippen molar-refractivity contribution in [3.8, 4) is 0 Å². The van der Waals surface area contributed by atoms with E-state index in [1.807, 2.05) is 16.2 Å². The lowest BCUT2D eigenvalue weighted by molar-refractivity contribution is -0.134. The summed E-state index contributed by atoms with van der Waals surface area (Å²) in [7, 11) is 0. The van der Waals surface area contributed by atoms with E-state index in [2.05, 4.69) is 16.8 Å². The number of nitrogens with zero attached hydrogens (tertiary/aromatic N) is 1. The summed E-state index contributed by atoms with van der Waals surface area (Å²) in [4.78, 5) is 16.0. The summed E-state index contributed by atoms with van der Waals surface area (Å²) < 4.78 is 0. The highest BCUT2D eigenvalue weighted by atomic mass is 32.1. The van der Waals surface area contributed by atoms with Crippen LogP contribution in [0.4, 0.5) is 0 Å². The Balaban J connectivity index is 1.66. The SMILES string of the molecule is O=C(C1CCCCCN1)N1CCc2sccc2C1. The minimum atomic E-state index is 0.0627. The van der Waals surface area contributed by atoms with Gasteiger partial charge in [-0.25, -0.2) is 0 Å². The third-order valence-electron chi connectivity index (χ3n) is 3.98. The molecule has 1 saturated heterocycles. The first-order valence-corrected chi connectivity index (χ1v) is 7.80. The molecule has 4 heteroatoms. The molecule has 3 heterocycles. The summed E-state index contributed by atoms with van der Waals surface area (Å²) in [6.07, 6.45) is 5.68. The second-order valence-corrected chi connectivity index (χ2v) is 6.24. The Kier molecular flexibility index (Phi) is 3.66. The maximum absolute atomic E-state index is 12.5. The molecule has 18 heavy (non-hydrogen) atoms. The fourth-order valence-electron chi connectivity index (χ4n) is 2.90. The monoisotopic (exact) mass is 264 g/mol. The number of carbonyl (C=O) groups excluding carboxylic acids is 1. The Morgan fingerprint density at radius 2 is 2.33 bits per heavy atom. The van der Waals surface area contributed by atoms with E-state index in [9.17, 15) is 4.79 Å². The van der Waals surface area contributed by atoms with Crippen LogP contribution in [0.5, 0.6) is 0 Å². The average Bonchev–Trinajstić information content (AvgIpc) is 2.69. The maximum Gasteiger partial charge on any atom is 0.240 e. The lowest BCUT2D eigenvalue weighted by Crippen LogP contribution is -2.47. The van der Waals surface area contributed by atoms with E-state index in [1.54, 1.807) is 0 Å². The van der Waals surface area contributed by atoms with Crippen LogP contribution in [0.3, 0.4) is 0 Å². The van der Waals surface area contributed by atoms with Crippen molar-refractivity contribution in [2.24, 2.45) is 0 Å². The second-order valence-electron chi connectivity index (χ2n) is 5.23. The molecule has 3 rings (SSSR count). The Labute approximate surface area is 112 Å². The molecule has 3 nitrogen and oxygen atoms in total. The fourth-order valence-corrected chi connectivity index (χ4v) is 3.79. The van der Waals surface area contributed by atoms with Crippen LogP contribution < -0.4 is 5.32 Å². The second kappa shape index (κ2) is 5.41. The Hall–Kier alpha value is -0.870. The molecule has 0 aliphatic carbocycles. The van der Waals surface area contributed by atoms with Crippen molar-refractivity contribution >= 4 is 17.2 Å². The summed E-state index contributed by atoms with van der Waals surface area (Å²) in [6, 6.07) is 2.23. The first kappa shape index (κ1) is 12.2. The van der Waals surface area contributed by atoms with E-state index in [-0.39, 0.29) is 6.04 Å². The lowest BCUT2D eigenvalue weighted by Gasteiger charge is -2.30. The zero-order valence-corrected chi connectivity index (χ0v) is 11.5. The molecule has 1 N–H and O–H groups in total. The van der Waals surface area contributed by atoms with E-state index >= 15 is 0 Å². The molecule has 0 radical (unpaired) electrons. The molecule has 1 aromatic rings. The zero-order valence-electron chi connectivity index (χ0n) is 10.7. The number of fused-ring (bicyclic) bond motifs is 1. The molecule has 0 aromatic carbocycles. The molecule has 2 aliphatic heterocycles. The molecule has 1 unspecified atom stereocenters. The van der Waals surface area contributed by atoms with Gasteiger partial charge in [-0.1, -0.05) is 12.8 Å². The summed E-state index contributed by atoms with van der Waals surface area (Å²) in [6.45, 7) is 2.70. The van der Waals surface area contributed by atoms with E-state index < -0.39 is 0 Å². The molecular weight excluding hydrogens is 244 g/mol. The van der Waals surface area contributed by atoms with Crippen molar-refractivity contribution < 1.29 is 4.79 Å². The quantitative estimate of drug-likeness (QED) is 0.843. The van der Waals surface area contributed by atoms with Gasteiger partial charge in [0.05, 0.1) is 6.04 Å². The highest BCUT2D eigenvalue weighted by Gasteiger charge is 2.27. The molecule has 1 atom stereocenters. The molecular formula is C14H20N2OS. The highest BCUT2D eigenvalue weighted by molar-refractivity contribution is 7.10. The van der Waals surface area contributed by atoms with Crippen LogP contribution in [-0.4, -0.2) is 29.9 Å². The summed E-state index contributed by atoms with van der Waals surface area (Å²) >= 11 is 1.82. The first-order chi connectivity index (χ1) is 8.84. The smallest absolute Gasteiger partial charge is 0.240 e. The molecule has 1 amide bonds. The van der Waals surface area contributed by atoms with E-state index in [0.717, 1.165) is 32.5 Å². The van der Waals surface area contributed by atoms with Crippen LogP contribution in [0, 0.1) is 0 Å². The van der Waals surface area contributed by atoms with Gasteiger partial charge in [0.1, 0.15) is 0 Å². The van der Waals surface area contributed by atoms with Crippen molar-refractivity contribution in [3.05, 3.63) is 21.9 Å². The van der Waals surface area contributed by atoms with Gasteiger partial charge in [0.15, 0.2) is 0 Å². The molecule has 0 spiro atoms. The van der Waals surface area contributed by atoms with Gasteiger partial charge in [0.2, 0.25) is 5.91 Å². The topological polar surface area (TPSA) is 32.3 Å². The summed E-state index contributed by atoms with van der Waals surface area (Å²) in [5.74, 6) is 0.314. The minimum Gasteiger partial charge on any atom is -0.337 e. The van der Waals surface area contributed by atoms with E-state index in [0.29, 0.717) is 5.91 Å². The Morgan fingerprint density at radius 3 is 3.28 bits per heavy atom. The van der Waals surface area contributed by atoms with Crippen molar-refractivity contribution in [2.45, 2.75) is 44.7 Å². The Bertz CT molecular complexity index is 421. The lowest BCUT2D eigenvalue weighted by atomic mass is 10.1. The van der Waals surface area contributed by atoms with Gasteiger partial charge >= 0.3 is 0 Å². The maximum atomic E-state index is 12.5. The summed E-state index contributed by atoms with van der Waals surface area (Å²) in [5, 5.41) is 5.55. The summed E-state index contributed by atoms with van der Waals surface area (Å²) in [5.41, 5.74) is 1.35. The number of rotatable bonds is 1. The molecule has 0 saturated carbocycles. The van der Waals surface area contributed by atoms with Crippen LogP contribution in [0.2, 0.25) is 0 Å². The van der Waals surface area contributed by atoms with Gasteiger partial charge in [-0.3, -0.25) is 4.79 Å². The van der Waals surface area contributed by atoms with Gasteiger partial charge < -0.3 is 10.2 Å². The number of nitrogens with one attached hydrogen (secondary N) is 1. The fraction of sp³-hybridized carbons (Fsp3) is 0.643. The van der Waals surface area contributed by atoms with Gasteiger partial charge in [0.25, 0.3) is 0 Å². The van der Waals surface area contributed by atoms with Crippen LogP contribution in [0.15, 0.2) is 11.4 Å². The van der Waals surface area contributed by atoms with Crippen LogP contribution in [0.1, 0.15) is 36.1 Å². The number of amides is 1. The van der Waals surface area contributed by atoms with Gasteiger partial charge in [-0.05, 0) is 42.8 Å². The number of hydrogen-bond donors (Lipinski definition) is 1. The molecule has 0 bridgehead atoms. The first-order valence-electron chi connectivity index (χ1n) is 6.92. The zero-order chi connectivity index (χ0) is 12.4. The largest absolute Gasteiger partial charge is 0.337 e. The van der Waals surface area contributed by atoms with Crippen LogP contribution >= 0.6 is 11.3 Å². The average molecular weight is 264 g/mol. The van der Waals surface area contributed by atoms with Crippen molar-refractivity contribution in [3.63, 3.8) is 0 Å². The molecule has 2 aliphatic rings. The van der Waals surface area contributed by atoms with Crippen LogP contribution in [-0.2, 0) is 17.8 Å². The standard InChI is InChI=1S/C14H20N2OS/c17-14(12-4-2-1-3-7-15-12)16-8-5-13-11(10-16)6-9-18-13/h6,9,12,15H,1-5,7-8,10H2. The van der Waals surface area contributed by atoms with Crippen molar-refractivity contribution in [2.75, 3.05) is 13.1 Å². The van der Waals surface area contributed by atoms with Crippen LogP contribution in [0.25, 0.3) is 0 Å². The molecule has 1 aromatic heterocycles. The van der Waals surface area contributed by atoms with E-state index in [1.165, 1.54) is 29.7 Å². The van der Waals surface area contributed by atoms with E-state index in [4.69, 9.17) is 0 Å². The molecule has 98 valence electrons. The number of hydrogen-bond acceptors (Lipinski definition) is 3. The number of thiophene rings is 1. The predicted octanol–water partition coefficient (Wildman–Crippen LogP) is 2.17. The van der Waals surface area contributed by atoms with Gasteiger partial charge in [0, 0.05) is 18.0 Å².